The molecule has 0 bridgehead atoms. The minimum atomic E-state index is -0.0629. The second-order valence-electron chi connectivity index (χ2n) is 5.86. The lowest BCUT2D eigenvalue weighted by atomic mass is 9.94. The van der Waals surface area contributed by atoms with Crippen molar-refractivity contribution < 1.29 is 4.42 Å². The van der Waals surface area contributed by atoms with Gasteiger partial charge < -0.3 is 9.73 Å². The molecular weight excluding hydrogens is 282 g/mol. The maximum Gasteiger partial charge on any atom is 0.346 e. The molecule has 0 spiro atoms. The van der Waals surface area contributed by atoms with Crippen molar-refractivity contribution in [2.75, 3.05) is 13.1 Å². The lowest BCUT2D eigenvalue weighted by Gasteiger charge is -2.21. The fraction of sp³-hybridized carbons (Fsp3) is 0.667. The van der Waals surface area contributed by atoms with Gasteiger partial charge in [0.2, 0.25) is 0 Å². The van der Waals surface area contributed by atoms with Crippen molar-refractivity contribution in [3.8, 4) is 0 Å². The van der Waals surface area contributed by atoms with E-state index in [1.54, 1.807) is 17.8 Å². The number of aromatic nitrogens is 4. The van der Waals surface area contributed by atoms with Crippen molar-refractivity contribution >= 4 is 0 Å². The van der Waals surface area contributed by atoms with Crippen molar-refractivity contribution in [3.05, 3.63) is 34.2 Å². The molecule has 1 saturated heterocycles. The zero-order chi connectivity index (χ0) is 15.5. The van der Waals surface area contributed by atoms with Crippen LogP contribution in [0.15, 0.2) is 15.5 Å². The van der Waals surface area contributed by atoms with E-state index < -0.39 is 0 Å². The number of hydrogen-bond acceptors (Lipinski definition) is 5. The van der Waals surface area contributed by atoms with Gasteiger partial charge in [0.05, 0.1) is 6.54 Å². The SMILES string of the molecule is CCn1c(CC2CCNCC2)nn(Cc2coc(C)n2)c1=O. The van der Waals surface area contributed by atoms with Gasteiger partial charge in [0.25, 0.3) is 0 Å². The first-order valence-corrected chi connectivity index (χ1v) is 7.95. The summed E-state index contributed by atoms with van der Waals surface area (Å²) in [7, 11) is 0. The van der Waals surface area contributed by atoms with Crippen molar-refractivity contribution in [2.45, 2.75) is 46.2 Å². The molecule has 0 saturated carbocycles. The number of rotatable bonds is 5. The topological polar surface area (TPSA) is 77.9 Å². The van der Waals surface area contributed by atoms with Crippen LogP contribution in [0.5, 0.6) is 0 Å². The molecule has 22 heavy (non-hydrogen) atoms. The van der Waals surface area contributed by atoms with Crippen LogP contribution in [-0.2, 0) is 19.5 Å². The Hall–Kier alpha value is -1.89. The fourth-order valence-electron chi connectivity index (χ4n) is 3.04. The summed E-state index contributed by atoms with van der Waals surface area (Å²) in [5.74, 6) is 2.10. The Morgan fingerprint density at radius 2 is 2.18 bits per heavy atom. The predicted octanol–water partition coefficient (Wildman–Crippen LogP) is 0.952. The number of piperidine rings is 1. The third kappa shape index (κ3) is 3.14. The Labute approximate surface area is 129 Å². The molecule has 3 rings (SSSR count). The van der Waals surface area contributed by atoms with Crippen LogP contribution in [0.1, 0.15) is 37.2 Å². The molecule has 0 amide bonds. The number of oxazole rings is 1. The minimum absolute atomic E-state index is 0.0629. The molecule has 0 radical (unpaired) electrons. The van der Waals surface area contributed by atoms with Crippen molar-refractivity contribution in [1.82, 2.24) is 24.6 Å². The van der Waals surface area contributed by atoms with Gasteiger partial charge in [0.15, 0.2) is 5.89 Å². The van der Waals surface area contributed by atoms with E-state index in [9.17, 15) is 4.79 Å². The lowest BCUT2D eigenvalue weighted by molar-refractivity contribution is 0.362. The summed E-state index contributed by atoms with van der Waals surface area (Å²) < 4.78 is 8.46. The molecular formula is C15H23N5O2. The smallest absolute Gasteiger partial charge is 0.346 e. The first-order valence-electron chi connectivity index (χ1n) is 7.95. The van der Waals surface area contributed by atoms with E-state index in [1.807, 2.05) is 6.92 Å². The van der Waals surface area contributed by atoms with E-state index in [-0.39, 0.29) is 5.69 Å². The lowest BCUT2D eigenvalue weighted by Crippen LogP contribution is -2.30. The van der Waals surface area contributed by atoms with Gasteiger partial charge in [-0.25, -0.2) is 14.5 Å². The van der Waals surface area contributed by atoms with Crippen molar-refractivity contribution in [1.29, 1.82) is 0 Å². The van der Waals surface area contributed by atoms with E-state index in [2.05, 4.69) is 15.4 Å². The maximum atomic E-state index is 12.5. The zero-order valence-electron chi connectivity index (χ0n) is 13.2. The van der Waals surface area contributed by atoms with Crippen LogP contribution in [0.2, 0.25) is 0 Å². The van der Waals surface area contributed by atoms with Crippen LogP contribution in [0.25, 0.3) is 0 Å². The van der Waals surface area contributed by atoms with E-state index in [0.29, 0.717) is 24.9 Å². The van der Waals surface area contributed by atoms with Gasteiger partial charge in [-0.1, -0.05) is 0 Å². The van der Waals surface area contributed by atoms with Crippen molar-refractivity contribution in [2.24, 2.45) is 5.92 Å². The Morgan fingerprint density at radius 1 is 1.41 bits per heavy atom. The Bertz CT molecular complexity index is 678. The van der Waals surface area contributed by atoms with Crippen LogP contribution in [0.4, 0.5) is 0 Å². The van der Waals surface area contributed by atoms with Gasteiger partial charge in [0, 0.05) is 19.9 Å². The molecule has 1 fully saturated rings. The molecule has 1 aliphatic heterocycles. The second kappa shape index (κ2) is 6.48. The molecule has 120 valence electrons. The van der Waals surface area contributed by atoms with E-state index in [4.69, 9.17) is 4.42 Å². The molecule has 0 aliphatic carbocycles. The highest BCUT2D eigenvalue weighted by Gasteiger charge is 2.19. The van der Waals surface area contributed by atoms with Gasteiger partial charge in [0.1, 0.15) is 17.8 Å². The molecule has 1 aliphatic rings. The average Bonchev–Trinajstić information content (AvgIpc) is 3.05. The third-order valence-corrected chi connectivity index (χ3v) is 4.22. The van der Waals surface area contributed by atoms with Crippen LogP contribution >= 0.6 is 0 Å². The highest BCUT2D eigenvalue weighted by Crippen LogP contribution is 2.16. The van der Waals surface area contributed by atoms with Gasteiger partial charge >= 0.3 is 5.69 Å². The first kappa shape index (κ1) is 15.0. The van der Waals surface area contributed by atoms with Gasteiger partial charge in [-0.15, -0.1) is 0 Å². The normalized spacial score (nSPS) is 16.3. The quantitative estimate of drug-likeness (QED) is 0.890. The highest BCUT2D eigenvalue weighted by molar-refractivity contribution is 4.98. The Balaban J connectivity index is 1.80. The number of nitrogens with zero attached hydrogens (tertiary/aromatic N) is 4. The number of nitrogens with one attached hydrogen (secondary N) is 1. The van der Waals surface area contributed by atoms with E-state index in [1.165, 1.54) is 4.68 Å². The number of hydrogen-bond donors (Lipinski definition) is 1. The van der Waals surface area contributed by atoms with Gasteiger partial charge in [-0.2, -0.15) is 5.10 Å². The minimum Gasteiger partial charge on any atom is -0.449 e. The molecule has 2 aromatic rings. The molecule has 7 heteroatoms. The van der Waals surface area contributed by atoms with Crippen LogP contribution < -0.4 is 11.0 Å². The largest absolute Gasteiger partial charge is 0.449 e. The van der Waals surface area contributed by atoms with Crippen molar-refractivity contribution in [3.63, 3.8) is 0 Å². The maximum absolute atomic E-state index is 12.5. The summed E-state index contributed by atoms with van der Waals surface area (Å²) in [5.41, 5.74) is 0.667. The molecule has 0 atom stereocenters. The average molecular weight is 305 g/mol. The van der Waals surface area contributed by atoms with Crippen LogP contribution in [-0.4, -0.2) is 32.4 Å². The van der Waals surface area contributed by atoms with Gasteiger partial charge in [-0.3, -0.25) is 4.57 Å². The Morgan fingerprint density at radius 3 is 2.82 bits per heavy atom. The van der Waals surface area contributed by atoms with Crippen LogP contribution in [0, 0.1) is 12.8 Å². The highest BCUT2D eigenvalue weighted by atomic mass is 16.3. The summed E-state index contributed by atoms with van der Waals surface area (Å²) in [6.45, 7) is 6.90. The fourth-order valence-corrected chi connectivity index (χ4v) is 3.04. The predicted molar refractivity (Wildman–Crippen MR) is 81.8 cm³/mol. The van der Waals surface area contributed by atoms with Crippen LogP contribution in [0.3, 0.4) is 0 Å². The monoisotopic (exact) mass is 305 g/mol. The molecule has 7 nitrogen and oxygen atoms in total. The van der Waals surface area contributed by atoms with E-state index >= 15 is 0 Å². The molecule has 0 unspecified atom stereocenters. The van der Waals surface area contributed by atoms with Gasteiger partial charge in [-0.05, 0) is 38.8 Å². The Kier molecular flexibility index (Phi) is 4.42. The van der Waals surface area contributed by atoms with E-state index in [0.717, 1.165) is 43.9 Å². The summed E-state index contributed by atoms with van der Waals surface area (Å²) in [6, 6.07) is 0. The molecule has 2 aromatic heterocycles. The summed E-state index contributed by atoms with van der Waals surface area (Å²) in [4.78, 5) is 16.7. The molecule has 1 N–H and O–H groups in total. The summed E-state index contributed by atoms with van der Waals surface area (Å²) >= 11 is 0. The summed E-state index contributed by atoms with van der Waals surface area (Å²) in [6.07, 6.45) is 4.75. The summed E-state index contributed by atoms with van der Waals surface area (Å²) in [5, 5.41) is 7.91. The third-order valence-electron chi connectivity index (χ3n) is 4.22. The number of aryl methyl sites for hydroxylation is 1. The first-order chi connectivity index (χ1) is 10.7. The second-order valence-corrected chi connectivity index (χ2v) is 5.86. The molecule has 3 heterocycles. The zero-order valence-corrected chi connectivity index (χ0v) is 13.2. The molecule has 0 aromatic carbocycles. The standard InChI is InChI=1S/C15H23N5O2/c1-3-19-14(8-12-4-6-16-7-5-12)18-20(15(19)21)9-13-10-22-11(2)17-13/h10,12,16H,3-9H2,1-2H3.